The van der Waals surface area contributed by atoms with Gasteiger partial charge in [0.25, 0.3) is 0 Å². The molecule has 7 heteroatoms. The fraction of sp³-hybridized carbons (Fsp3) is 0.714. The predicted molar refractivity (Wildman–Crippen MR) is 68.2 cm³/mol. The fourth-order valence-corrected chi connectivity index (χ4v) is 1.38. The van der Waals surface area contributed by atoms with Crippen LogP contribution in [0.1, 0.15) is 53.4 Å². The summed E-state index contributed by atoms with van der Waals surface area (Å²) in [4.78, 5) is 41.0. The number of aliphatic carboxylic acids is 2. The summed E-state index contributed by atoms with van der Waals surface area (Å²) in [5, 5.41) is 19.7. The molecule has 0 aliphatic rings. The largest absolute Gasteiger partial charge is 2.00 e. The van der Waals surface area contributed by atoms with Crippen molar-refractivity contribution in [3.63, 3.8) is 0 Å². The third kappa shape index (κ3) is 24.2. The van der Waals surface area contributed by atoms with Gasteiger partial charge in [0.2, 0.25) is 0 Å². The molecule has 0 amide bonds. The number of carbonyl (C=O) groups is 4. The van der Waals surface area contributed by atoms with Crippen molar-refractivity contribution in [3.8, 4) is 0 Å². The molecule has 0 fully saturated rings. The van der Waals surface area contributed by atoms with Gasteiger partial charge in [0, 0.05) is 37.6 Å². The number of hydrogen-bond donors (Lipinski definition) is 0. The molecule has 0 aromatic rings. The van der Waals surface area contributed by atoms with E-state index >= 15 is 0 Å². The first kappa shape index (κ1) is 24.8. The normalized spacial score (nSPS) is 9.43. The fourth-order valence-electron chi connectivity index (χ4n) is 1.38. The van der Waals surface area contributed by atoms with Crippen LogP contribution in [0.4, 0.5) is 0 Å². The van der Waals surface area contributed by atoms with Gasteiger partial charge in [-0.05, 0) is 11.8 Å². The van der Waals surface area contributed by atoms with E-state index < -0.39 is 24.8 Å². The monoisotopic (exact) mass is 342 g/mol. The van der Waals surface area contributed by atoms with Crippen molar-refractivity contribution in [2.75, 3.05) is 0 Å². The van der Waals surface area contributed by atoms with E-state index in [0.29, 0.717) is 12.8 Å². The number of ketones is 2. The second-order valence-electron chi connectivity index (χ2n) is 5.37. The Balaban J connectivity index is -0.000000295. The van der Waals surface area contributed by atoms with Crippen LogP contribution in [0.5, 0.6) is 0 Å². The third-order valence-electron chi connectivity index (χ3n) is 1.95. The molecular formula is C14H22FeO6. The summed E-state index contributed by atoms with van der Waals surface area (Å²) in [5.74, 6) is -2.62. The van der Waals surface area contributed by atoms with Crippen LogP contribution in [-0.4, -0.2) is 23.5 Å². The third-order valence-corrected chi connectivity index (χ3v) is 1.95. The average molecular weight is 342 g/mol. The maximum atomic E-state index is 10.6. The zero-order valence-electron chi connectivity index (χ0n) is 12.8. The molecule has 0 aromatic heterocycles. The summed E-state index contributed by atoms with van der Waals surface area (Å²) in [5.41, 5.74) is 0. The molecular weight excluding hydrogens is 320 g/mol. The van der Waals surface area contributed by atoms with Crippen LogP contribution >= 0.6 is 0 Å². The Morgan fingerprint density at radius 1 is 0.714 bits per heavy atom. The summed E-state index contributed by atoms with van der Waals surface area (Å²) in [6, 6.07) is 0. The number of rotatable bonds is 8. The summed E-state index contributed by atoms with van der Waals surface area (Å²) < 4.78 is 0. The van der Waals surface area contributed by atoms with Crippen molar-refractivity contribution in [2.24, 2.45) is 11.8 Å². The van der Waals surface area contributed by atoms with Gasteiger partial charge in [0.15, 0.2) is 0 Å². The van der Waals surface area contributed by atoms with Crippen molar-refractivity contribution >= 4 is 23.5 Å². The van der Waals surface area contributed by atoms with Crippen LogP contribution in [0, 0.1) is 11.8 Å². The Kier molecular flexibility index (Phi) is 16.3. The van der Waals surface area contributed by atoms with Gasteiger partial charge in [0.1, 0.15) is 11.6 Å². The van der Waals surface area contributed by atoms with Crippen molar-refractivity contribution in [1.82, 2.24) is 0 Å². The maximum absolute atomic E-state index is 10.6. The van der Waals surface area contributed by atoms with Crippen molar-refractivity contribution in [3.05, 3.63) is 0 Å². The number of carboxylic acid groups (broad SMARTS) is 2. The van der Waals surface area contributed by atoms with E-state index in [1.807, 2.05) is 27.7 Å². The van der Waals surface area contributed by atoms with E-state index in [1.165, 1.54) is 0 Å². The second kappa shape index (κ2) is 13.8. The van der Waals surface area contributed by atoms with Crippen LogP contribution in [-0.2, 0) is 36.2 Å². The average Bonchev–Trinajstić information content (AvgIpc) is 2.11. The summed E-state index contributed by atoms with van der Waals surface area (Å²) >= 11 is 0. The van der Waals surface area contributed by atoms with Crippen LogP contribution in [0.25, 0.3) is 0 Å². The van der Waals surface area contributed by atoms with Gasteiger partial charge < -0.3 is 19.8 Å². The van der Waals surface area contributed by atoms with Crippen LogP contribution in [0.15, 0.2) is 0 Å². The summed E-state index contributed by atoms with van der Waals surface area (Å²) in [7, 11) is 0. The molecule has 0 atom stereocenters. The maximum Gasteiger partial charge on any atom is 2.00 e. The Morgan fingerprint density at radius 2 is 0.952 bits per heavy atom. The molecule has 0 unspecified atom stereocenters. The van der Waals surface area contributed by atoms with E-state index in [4.69, 9.17) is 0 Å². The number of carbonyl (C=O) groups excluding carboxylic acids is 4. The van der Waals surface area contributed by atoms with Gasteiger partial charge >= 0.3 is 17.1 Å². The molecule has 0 saturated heterocycles. The minimum atomic E-state index is -1.29. The molecule has 0 bridgehead atoms. The van der Waals surface area contributed by atoms with E-state index in [9.17, 15) is 29.4 Å². The van der Waals surface area contributed by atoms with Gasteiger partial charge in [-0.1, -0.05) is 27.7 Å². The van der Waals surface area contributed by atoms with Gasteiger partial charge in [-0.25, -0.2) is 0 Å². The quantitative estimate of drug-likeness (QED) is 0.433. The van der Waals surface area contributed by atoms with Gasteiger partial charge in [-0.3, -0.25) is 9.59 Å². The van der Waals surface area contributed by atoms with Crippen LogP contribution in [0.2, 0.25) is 0 Å². The molecule has 21 heavy (non-hydrogen) atoms. The number of Topliss-reactive ketones (excluding diaryl/α,β-unsaturated/α-hetero) is 2. The Labute approximate surface area is 135 Å². The van der Waals surface area contributed by atoms with E-state index in [1.54, 1.807) is 0 Å². The molecule has 0 radical (unpaired) electrons. The van der Waals surface area contributed by atoms with Gasteiger partial charge in [-0.2, -0.15) is 0 Å². The molecule has 0 aliphatic heterocycles. The van der Waals surface area contributed by atoms with Crippen molar-refractivity contribution in [1.29, 1.82) is 0 Å². The number of carboxylic acids is 2. The summed E-state index contributed by atoms with van der Waals surface area (Å²) in [6.07, 6.45) is -0.238. The molecule has 0 heterocycles. The van der Waals surface area contributed by atoms with E-state index in [0.717, 1.165) is 0 Å². The molecule has 0 spiro atoms. The predicted octanol–water partition coefficient (Wildman–Crippen LogP) is -0.519. The Bertz CT molecular complexity index is 315. The van der Waals surface area contributed by atoms with Gasteiger partial charge in [0.05, 0.1) is 0 Å². The standard InChI is InChI=1S/2C7H12O3.Fe/c2*1-5(2)3-6(8)4-7(9)10;/h2*5H,3-4H2,1-2H3,(H,9,10);/q;;+2/p-2. The zero-order valence-corrected chi connectivity index (χ0v) is 13.9. The zero-order chi connectivity index (χ0) is 16.3. The van der Waals surface area contributed by atoms with Crippen molar-refractivity contribution in [2.45, 2.75) is 53.4 Å². The van der Waals surface area contributed by atoms with Crippen LogP contribution < -0.4 is 10.2 Å². The van der Waals surface area contributed by atoms with E-state index in [-0.39, 0.29) is 40.5 Å². The first-order valence-electron chi connectivity index (χ1n) is 6.47. The molecule has 0 N–H and O–H groups in total. The Morgan fingerprint density at radius 3 is 1.10 bits per heavy atom. The van der Waals surface area contributed by atoms with E-state index in [2.05, 4.69) is 0 Å². The van der Waals surface area contributed by atoms with Crippen LogP contribution in [0.3, 0.4) is 0 Å². The minimum Gasteiger partial charge on any atom is -0.550 e. The summed E-state index contributed by atoms with van der Waals surface area (Å²) in [6.45, 7) is 7.47. The first-order chi connectivity index (χ1) is 9.04. The molecule has 0 saturated carbocycles. The SMILES string of the molecule is CC(C)CC(=O)CC(=O)[O-].CC(C)CC(=O)CC(=O)[O-].[Fe+2]. The number of hydrogen-bond acceptors (Lipinski definition) is 6. The van der Waals surface area contributed by atoms with Gasteiger partial charge in [-0.15, -0.1) is 0 Å². The molecule has 0 aromatic carbocycles. The smallest absolute Gasteiger partial charge is 0.550 e. The molecule has 6 nitrogen and oxygen atoms in total. The topological polar surface area (TPSA) is 114 Å². The molecule has 0 rings (SSSR count). The van der Waals surface area contributed by atoms with Crippen molar-refractivity contribution < 1.29 is 46.5 Å². The molecule has 122 valence electrons. The Hall–Kier alpha value is -1.20. The minimum absolute atomic E-state index is 0. The molecule has 0 aliphatic carbocycles. The first-order valence-corrected chi connectivity index (χ1v) is 6.47. The second-order valence-corrected chi connectivity index (χ2v) is 5.37.